The van der Waals surface area contributed by atoms with Gasteiger partial charge in [0.2, 0.25) is 0 Å². The second-order valence-electron chi connectivity index (χ2n) is 4.51. The molecule has 1 unspecified atom stereocenters. The van der Waals surface area contributed by atoms with Crippen LogP contribution in [0.4, 0.5) is 0 Å². The molecule has 0 amide bonds. The average molecular weight is 251 g/mol. The van der Waals surface area contributed by atoms with Crippen LogP contribution in [0.25, 0.3) is 0 Å². The standard InChI is InChI=1S/C15H25NO2/c1-13-6-4-5-7-14(13)12-15(16-2)8-9-18-11-10-17-3/h4-7,15-16H,8-12H2,1-3H3. The Bertz CT molecular complexity index is 328. The quantitative estimate of drug-likeness (QED) is 0.682. The molecule has 102 valence electrons. The van der Waals surface area contributed by atoms with E-state index in [-0.39, 0.29) is 0 Å². The Kier molecular flexibility index (Phi) is 7.65. The van der Waals surface area contributed by atoms with Gasteiger partial charge in [-0.15, -0.1) is 0 Å². The molecule has 0 bridgehead atoms. The maximum Gasteiger partial charge on any atom is 0.0700 e. The summed E-state index contributed by atoms with van der Waals surface area (Å²) in [4.78, 5) is 0. The van der Waals surface area contributed by atoms with Gasteiger partial charge in [0.05, 0.1) is 13.2 Å². The van der Waals surface area contributed by atoms with E-state index < -0.39 is 0 Å². The Morgan fingerprint density at radius 3 is 2.61 bits per heavy atom. The molecule has 1 N–H and O–H groups in total. The van der Waals surface area contributed by atoms with Crippen molar-refractivity contribution in [1.29, 1.82) is 0 Å². The molecule has 3 heteroatoms. The predicted octanol–water partition coefficient (Wildman–Crippen LogP) is 2.18. The van der Waals surface area contributed by atoms with Crippen LogP contribution < -0.4 is 5.32 Å². The molecular weight excluding hydrogens is 226 g/mol. The third-order valence-corrected chi connectivity index (χ3v) is 3.18. The summed E-state index contributed by atoms with van der Waals surface area (Å²) in [6.45, 7) is 4.29. The number of nitrogens with one attached hydrogen (secondary N) is 1. The molecular formula is C15H25NO2. The summed E-state index contributed by atoms with van der Waals surface area (Å²) in [5.41, 5.74) is 2.77. The first-order valence-corrected chi connectivity index (χ1v) is 6.56. The number of hydrogen-bond acceptors (Lipinski definition) is 3. The molecule has 0 aliphatic rings. The minimum atomic E-state index is 0.466. The van der Waals surface area contributed by atoms with Crippen molar-refractivity contribution in [2.45, 2.75) is 25.8 Å². The van der Waals surface area contributed by atoms with Gasteiger partial charge in [0, 0.05) is 19.8 Å². The number of methoxy groups -OCH3 is 1. The van der Waals surface area contributed by atoms with Crippen molar-refractivity contribution < 1.29 is 9.47 Å². The van der Waals surface area contributed by atoms with Crippen LogP contribution in [-0.2, 0) is 15.9 Å². The summed E-state index contributed by atoms with van der Waals surface area (Å²) in [6.07, 6.45) is 2.07. The first-order valence-electron chi connectivity index (χ1n) is 6.56. The summed E-state index contributed by atoms with van der Waals surface area (Å²) in [6, 6.07) is 9.02. The van der Waals surface area contributed by atoms with E-state index in [0.717, 1.165) is 19.4 Å². The predicted molar refractivity (Wildman–Crippen MR) is 75.0 cm³/mol. The van der Waals surface area contributed by atoms with E-state index >= 15 is 0 Å². The van der Waals surface area contributed by atoms with Gasteiger partial charge in [0.15, 0.2) is 0 Å². The summed E-state index contributed by atoms with van der Waals surface area (Å²) < 4.78 is 10.5. The number of likely N-dealkylation sites (N-methyl/N-ethyl adjacent to an activating group) is 1. The van der Waals surface area contributed by atoms with Crippen LogP contribution in [-0.4, -0.2) is 40.0 Å². The third kappa shape index (κ3) is 5.63. The highest BCUT2D eigenvalue weighted by Crippen LogP contribution is 2.11. The smallest absolute Gasteiger partial charge is 0.0700 e. The average Bonchev–Trinajstić information content (AvgIpc) is 2.39. The molecule has 0 aliphatic heterocycles. The van der Waals surface area contributed by atoms with Crippen molar-refractivity contribution in [3.8, 4) is 0 Å². The maximum atomic E-state index is 5.51. The molecule has 0 aliphatic carbocycles. The fourth-order valence-corrected chi connectivity index (χ4v) is 1.92. The van der Waals surface area contributed by atoms with Gasteiger partial charge in [-0.3, -0.25) is 0 Å². The van der Waals surface area contributed by atoms with Crippen LogP contribution in [0.2, 0.25) is 0 Å². The van der Waals surface area contributed by atoms with Gasteiger partial charge in [0.1, 0.15) is 0 Å². The van der Waals surface area contributed by atoms with Crippen LogP contribution in [0.5, 0.6) is 0 Å². The molecule has 1 aromatic rings. The van der Waals surface area contributed by atoms with E-state index in [0.29, 0.717) is 19.3 Å². The Morgan fingerprint density at radius 2 is 1.94 bits per heavy atom. The fraction of sp³-hybridized carbons (Fsp3) is 0.600. The van der Waals surface area contributed by atoms with E-state index in [9.17, 15) is 0 Å². The zero-order valence-electron chi connectivity index (χ0n) is 11.7. The second kappa shape index (κ2) is 9.09. The van der Waals surface area contributed by atoms with Crippen LogP contribution in [0.1, 0.15) is 17.5 Å². The van der Waals surface area contributed by atoms with Crippen molar-refractivity contribution in [2.75, 3.05) is 34.0 Å². The highest BCUT2D eigenvalue weighted by Gasteiger charge is 2.08. The number of aryl methyl sites for hydroxylation is 1. The summed E-state index contributed by atoms with van der Waals surface area (Å²) in [7, 11) is 3.70. The number of rotatable bonds is 9. The zero-order chi connectivity index (χ0) is 13.2. The molecule has 1 aromatic carbocycles. The summed E-state index contributed by atoms with van der Waals surface area (Å²) >= 11 is 0. The van der Waals surface area contributed by atoms with E-state index in [4.69, 9.17) is 9.47 Å². The Morgan fingerprint density at radius 1 is 1.17 bits per heavy atom. The SMILES string of the molecule is CNC(CCOCCOC)Cc1ccccc1C. The van der Waals surface area contributed by atoms with Gasteiger partial charge in [-0.25, -0.2) is 0 Å². The van der Waals surface area contributed by atoms with Crippen molar-refractivity contribution in [2.24, 2.45) is 0 Å². The zero-order valence-corrected chi connectivity index (χ0v) is 11.7. The lowest BCUT2D eigenvalue weighted by Gasteiger charge is -2.17. The minimum Gasteiger partial charge on any atom is -0.382 e. The van der Waals surface area contributed by atoms with Gasteiger partial charge in [-0.1, -0.05) is 24.3 Å². The number of hydrogen-bond donors (Lipinski definition) is 1. The fourth-order valence-electron chi connectivity index (χ4n) is 1.92. The number of benzene rings is 1. The van der Waals surface area contributed by atoms with Gasteiger partial charge < -0.3 is 14.8 Å². The minimum absolute atomic E-state index is 0.466. The maximum absolute atomic E-state index is 5.51. The lowest BCUT2D eigenvalue weighted by Crippen LogP contribution is -2.29. The molecule has 1 atom stereocenters. The van der Waals surface area contributed by atoms with Crippen LogP contribution >= 0.6 is 0 Å². The summed E-state index contributed by atoms with van der Waals surface area (Å²) in [5.74, 6) is 0. The van der Waals surface area contributed by atoms with E-state index in [1.807, 2.05) is 7.05 Å². The lowest BCUT2D eigenvalue weighted by molar-refractivity contribution is 0.0661. The molecule has 0 heterocycles. The topological polar surface area (TPSA) is 30.5 Å². The molecule has 0 aromatic heterocycles. The van der Waals surface area contributed by atoms with E-state index in [1.54, 1.807) is 7.11 Å². The lowest BCUT2D eigenvalue weighted by atomic mass is 10.00. The van der Waals surface area contributed by atoms with Gasteiger partial charge >= 0.3 is 0 Å². The molecule has 3 nitrogen and oxygen atoms in total. The molecule has 0 radical (unpaired) electrons. The molecule has 0 fully saturated rings. The Labute approximate surface area is 110 Å². The van der Waals surface area contributed by atoms with Gasteiger partial charge in [-0.05, 0) is 37.9 Å². The third-order valence-electron chi connectivity index (χ3n) is 3.18. The highest BCUT2D eigenvalue weighted by atomic mass is 16.5. The highest BCUT2D eigenvalue weighted by molar-refractivity contribution is 5.26. The molecule has 18 heavy (non-hydrogen) atoms. The van der Waals surface area contributed by atoms with Crippen molar-refractivity contribution in [3.05, 3.63) is 35.4 Å². The Hall–Kier alpha value is -0.900. The number of ether oxygens (including phenoxy) is 2. The van der Waals surface area contributed by atoms with Gasteiger partial charge in [0.25, 0.3) is 0 Å². The van der Waals surface area contributed by atoms with Crippen molar-refractivity contribution in [1.82, 2.24) is 5.32 Å². The Balaban J connectivity index is 2.31. The largest absolute Gasteiger partial charge is 0.382 e. The molecule has 1 rings (SSSR count). The van der Waals surface area contributed by atoms with Gasteiger partial charge in [-0.2, -0.15) is 0 Å². The van der Waals surface area contributed by atoms with Crippen LogP contribution in [0.15, 0.2) is 24.3 Å². The molecule has 0 saturated carbocycles. The van der Waals surface area contributed by atoms with Crippen molar-refractivity contribution >= 4 is 0 Å². The van der Waals surface area contributed by atoms with E-state index in [2.05, 4.69) is 36.5 Å². The van der Waals surface area contributed by atoms with Crippen LogP contribution in [0.3, 0.4) is 0 Å². The normalized spacial score (nSPS) is 12.6. The summed E-state index contributed by atoms with van der Waals surface area (Å²) in [5, 5.41) is 3.36. The second-order valence-corrected chi connectivity index (χ2v) is 4.51. The monoisotopic (exact) mass is 251 g/mol. The van der Waals surface area contributed by atoms with Crippen LogP contribution in [0, 0.1) is 6.92 Å². The first-order chi connectivity index (χ1) is 8.77. The molecule has 0 saturated heterocycles. The van der Waals surface area contributed by atoms with E-state index in [1.165, 1.54) is 11.1 Å². The van der Waals surface area contributed by atoms with Crippen molar-refractivity contribution in [3.63, 3.8) is 0 Å². The molecule has 0 spiro atoms. The first kappa shape index (κ1) is 15.2.